The number of para-hydroxylation sites is 2. The summed E-state index contributed by atoms with van der Waals surface area (Å²) >= 11 is 0.879. The Balaban J connectivity index is 1.38. The summed E-state index contributed by atoms with van der Waals surface area (Å²) < 4.78 is 17.0. The van der Waals surface area contributed by atoms with Crippen LogP contribution in [0.2, 0.25) is 0 Å². The Bertz CT molecular complexity index is 1280. The molecule has 0 spiro atoms. The zero-order valence-corrected chi connectivity index (χ0v) is 21.0. The van der Waals surface area contributed by atoms with Crippen LogP contribution in [0.1, 0.15) is 12.5 Å². The van der Waals surface area contributed by atoms with Crippen LogP contribution >= 0.6 is 11.8 Å². The summed E-state index contributed by atoms with van der Waals surface area (Å²) in [5.41, 5.74) is 1.34. The van der Waals surface area contributed by atoms with Crippen molar-refractivity contribution in [1.29, 1.82) is 0 Å². The van der Waals surface area contributed by atoms with Gasteiger partial charge in [0, 0.05) is 5.69 Å². The number of hydrogen-bond donors (Lipinski definition) is 1. The molecule has 1 N–H and O–H groups in total. The van der Waals surface area contributed by atoms with E-state index in [4.69, 9.17) is 14.2 Å². The van der Waals surface area contributed by atoms with Gasteiger partial charge in [0.2, 0.25) is 0 Å². The molecule has 3 aromatic carbocycles. The van der Waals surface area contributed by atoms with Crippen LogP contribution in [0.25, 0.3) is 6.08 Å². The number of carbonyl (C=O) groups excluding carboxylic acids is 3. The van der Waals surface area contributed by atoms with Gasteiger partial charge in [-0.25, -0.2) is 0 Å². The second-order valence-electron chi connectivity index (χ2n) is 7.84. The molecule has 0 aromatic heterocycles. The van der Waals surface area contributed by atoms with Gasteiger partial charge in [-0.05, 0) is 66.7 Å². The number of ether oxygens (including phenoxy) is 3. The first-order chi connectivity index (χ1) is 18.0. The van der Waals surface area contributed by atoms with Gasteiger partial charge in [0.25, 0.3) is 17.1 Å². The maximum absolute atomic E-state index is 12.8. The van der Waals surface area contributed by atoms with Crippen LogP contribution in [0.5, 0.6) is 17.2 Å². The monoisotopic (exact) mass is 518 g/mol. The Morgan fingerprint density at radius 1 is 0.919 bits per heavy atom. The summed E-state index contributed by atoms with van der Waals surface area (Å²) in [5, 5.41) is 2.42. The van der Waals surface area contributed by atoms with E-state index in [1.165, 1.54) is 4.90 Å². The molecule has 3 aromatic rings. The van der Waals surface area contributed by atoms with E-state index >= 15 is 0 Å². The normalized spacial score (nSPS) is 14.1. The van der Waals surface area contributed by atoms with Gasteiger partial charge in [-0.2, -0.15) is 0 Å². The number of thioether (sulfide) groups is 1. The number of carbonyl (C=O) groups is 3. The van der Waals surface area contributed by atoms with Gasteiger partial charge in [-0.15, -0.1) is 0 Å². The molecule has 0 unspecified atom stereocenters. The van der Waals surface area contributed by atoms with Gasteiger partial charge in [0.05, 0.1) is 18.1 Å². The van der Waals surface area contributed by atoms with E-state index in [1.807, 2.05) is 55.5 Å². The Kier molecular flexibility index (Phi) is 8.83. The lowest BCUT2D eigenvalue weighted by atomic mass is 10.2. The van der Waals surface area contributed by atoms with Crippen molar-refractivity contribution >= 4 is 40.6 Å². The molecule has 0 saturated carbocycles. The van der Waals surface area contributed by atoms with E-state index in [1.54, 1.807) is 36.4 Å². The number of rotatable bonds is 11. The van der Waals surface area contributed by atoms with Crippen molar-refractivity contribution in [3.8, 4) is 17.2 Å². The van der Waals surface area contributed by atoms with Crippen LogP contribution < -0.4 is 19.5 Å². The van der Waals surface area contributed by atoms with Gasteiger partial charge in [0.1, 0.15) is 12.4 Å². The standard InChI is InChI=1S/C28H26N2O6S/c1-2-34-24-17-20(13-14-23(24)36-19-26(31)29-21-9-5-3-6-10-21)18-25-27(32)30(28(33)37-25)15-16-35-22-11-7-4-8-12-22/h3-14,17-18H,2,15-16,19H2,1H3,(H,29,31)/b25-18-. The minimum absolute atomic E-state index is 0.152. The van der Waals surface area contributed by atoms with Crippen molar-refractivity contribution in [2.45, 2.75) is 6.92 Å². The van der Waals surface area contributed by atoms with Crippen molar-refractivity contribution < 1.29 is 28.6 Å². The first kappa shape index (κ1) is 25.8. The largest absolute Gasteiger partial charge is 0.492 e. The quantitative estimate of drug-likeness (QED) is 0.348. The maximum atomic E-state index is 12.8. The van der Waals surface area contributed by atoms with Crippen LogP contribution in [0.3, 0.4) is 0 Å². The number of amides is 3. The molecule has 0 radical (unpaired) electrons. The van der Waals surface area contributed by atoms with Gasteiger partial charge in [-0.3, -0.25) is 19.3 Å². The molecule has 3 amide bonds. The van der Waals surface area contributed by atoms with Gasteiger partial charge < -0.3 is 19.5 Å². The molecule has 1 fully saturated rings. The van der Waals surface area contributed by atoms with Crippen molar-refractivity contribution in [2.24, 2.45) is 0 Å². The third-order valence-corrected chi connectivity index (χ3v) is 6.09. The molecule has 0 aliphatic carbocycles. The van der Waals surface area contributed by atoms with Crippen molar-refractivity contribution in [3.63, 3.8) is 0 Å². The molecule has 1 aliphatic heterocycles. The molecule has 0 atom stereocenters. The second-order valence-corrected chi connectivity index (χ2v) is 8.83. The Hall–Kier alpha value is -4.24. The fraction of sp³-hybridized carbons (Fsp3) is 0.179. The molecule has 0 bridgehead atoms. The molecule has 4 rings (SSSR count). The molecule has 1 aliphatic rings. The molecule has 9 heteroatoms. The highest BCUT2D eigenvalue weighted by molar-refractivity contribution is 8.18. The first-order valence-corrected chi connectivity index (χ1v) is 12.5. The number of hydrogen-bond acceptors (Lipinski definition) is 7. The maximum Gasteiger partial charge on any atom is 0.293 e. The molecular weight excluding hydrogens is 492 g/mol. The molecule has 190 valence electrons. The fourth-order valence-electron chi connectivity index (χ4n) is 3.48. The lowest BCUT2D eigenvalue weighted by Crippen LogP contribution is -2.32. The van der Waals surface area contributed by atoms with E-state index in [0.29, 0.717) is 40.0 Å². The highest BCUT2D eigenvalue weighted by Crippen LogP contribution is 2.34. The predicted octanol–water partition coefficient (Wildman–Crippen LogP) is 5.22. The number of nitrogens with zero attached hydrogens (tertiary/aromatic N) is 1. The van der Waals surface area contributed by atoms with Crippen LogP contribution in [0, 0.1) is 0 Å². The summed E-state index contributed by atoms with van der Waals surface area (Å²) in [6, 6.07) is 23.4. The SMILES string of the molecule is CCOc1cc(/C=C2\SC(=O)N(CCOc3ccccc3)C2=O)ccc1OCC(=O)Nc1ccccc1. The zero-order valence-electron chi connectivity index (χ0n) is 20.2. The molecular formula is C28H26N2O6S. The Morgan fingerprint density at radius 3 is 2.38 bits per heavy atom. The van der Waals surface area contributed by atoms with Crippen molar-refractivity contribution in [2.75, 3.05) is 31.7 Å². The first-order valence-electron chi connectivity index (χ1n) is 11.7. The lowest BCUT2D eigenvalue weighted by molar-refractivity contribution is -0.123. The Morgan fingerprint density at radius 2 is 1.65 bits per heavy atom. The fourth-order valence-corrected chi connectivity index (χ4v) is 4.34. The summed E-state index contributed by atoms with van der Waals surface area (Å²) in [7, 11) is 0. The average molecular weight is 519 g/mol. The lowest BCUT2D eigenvalue weighted by Gasteiger charge is -2.13. The second kappa shape index (κ2) is 12.6. The predicted molar refractivity (Wildman–Crippen MR) is 143 cm³/mol. The highest BCUT2D eigenvalue weighted by atomic mass is 32.2. The van der Waals surface area contributed by atoms with E-state index in [0.717, 1.165) is 11.8 Å². The smallest absolute Gasteiger partial charge is 0.293 e. The summed E-state index contributed by atoms with van der Waals surface area (Å²) in [6.07, 6.45) is 1.64. The highest BCUT2D eigenvalue weighted by Gasteiger charge is 2.34. The zero-order chi connectivity index (χ0) is 26.0. The van der Waals surface area contributed by atoms with Gasteiger partial charge in [-0.1, -0.05) is 42.5 Å². The van der Waals surface area contributed by atoms with E-state index in [9.17, 15) is 14.4 Å². The third-order valence-electron chi connectivity index (χ3n) is 5.18. The summed E-state index contributed by atoms with van der Waals surface area (Å²) in [4.78, 5) is 39.0. The summed E-state index contributed by atoms with van der Waals surface area (Å²) in [5.74, 6) is 0.825. The summed E-state index contributed by atoms with van der Waals surface area (Å²) in [6.45, 7) is 2.38. The number of benzene rings is 3. The third kappa shape index (κ3) is 7.14. The average Bonchev–Trinajstić information content (AvgIpc) is 3.17. The minimum atomic E-state index is -0.373. The van der Waals surface area contributed by atoms with E-state index in [2.05, 4.69) is 5.32 Å². The molecule has 1 saturated heterocycles. The van der Waals surface area contributed by atoms with Crippen molar-refractivity contribution in [1.82, 2.24) is 4.90 Å². The van der Waals surface area contributed by atoms with Crippen LogP contribution in [0.15, 0.2) is 83.8 Å². The molecule has 37 heavy (non-hydrogen) atoms. The van der Waals surface area contributed by atoms with Crippen LogP contribution in [-0.2, 0) is 9.59 Å². The van der Waals surface area contributed by atoms with Crippen molar-refractivity contribution in [3.05, 3.63) is 89.3 Å². The van der Waals surface area contributed by atoms with E-state index < -0.39 is 0 Å². The van der Waals surface area contributed by atoms with Gasteiger partial charge in [0.15, 0.2) is 18.1 Å². The Labute approximate surface area is 219 Å². The molecule has 8 nitrogen and oxygen atoms in total. The number of anilines is 1. The topological polar surface area (TPSA) is 94.2 Å². The van der Waals surface area contributed by atoms with Crippen LogP contribution in [0.4, 0.5) is 10.5 Å². The van der Waals surface area contributed by atoms with E-state index in [-0.39, 0.29) is 36.8 Å². The van der Waals surface area contributed by atoms with Crippen LogP contribution in [-0.4, -0.2) is 48.3 Å². The van der Waals surface area contributed by atoms with Gasteiger partial charge >= 0.3 is 0 Å². The molecule has 1 heterocycles. The minimum Gasteiger partial charge on any atom is -0.492 e. The number of nitrogens with one attached hydrogen (secondary N) is 1. The number of imide groups is 1.